The molecule has 10 heavy (non-hydrogen) atoms. The zero-order valence-corrected chi connectivity index (χ0v) is 5.22. The predicted octanol–water partition coefficient (Wildman–Crippen LogP) is 1.08. The maximum atomic E-state index is 12.5. The van der Waals surface area contributed by atoms with Crippen molar-refractivity contribution in [1.29, 1.82) is 0 Å². The van der Waals surface area contributed by atoms with Gasteiger partial charge >= 0.3 is 7.56 Å². The van der Waals surface area contributed by atoms with Crippen molar-refractivity contribution in [1.82, 2.24) is 0 Å². The van der Waals surface area contributed by atoms with Gasteiger partial charge in [0.15, 0.2) is 0 Å². The fraction of sp³-hybridized carbons (Fsp3) is 0.333. The van der Waals surface area contributed by atoms with Gasteiger partial charge in [0.1, 0.15) is 5.83 Å². The Morgan fingerprint density at radius 3 is 2.80 bits per heavy atom. The molecule has 1 atom stereocenters. The molecule has 0 heterocycles. The second-order valence-corrected chi connectivity index (χ2v) is 2.07. The van der Waals surface area contributed by atoms with Gasteiger partial charge < -0.3 is 9.42 Å². The maximum Gasteiger partial charge on any atom is 0.393 e. The molecule has 1 aliphatic carbocycles. The Morgan fingerprint density at radius 2 is 2.40 bits per heavy atom. The van der Waals surface area contributed by atoms with E-state index in [9.17, 15) is 8.71 Å². The fourth-order valence-corrected chi connectivity index (χ4v) is 0.808. The lowest BCUT2D eigenvalue weighted by molar-refractivity contribution is 0.216. The fourth-order valence-electron chi connectivity index (χ4n) is 0.808. The molecule has 1 aliphatic rings. The Hall–Kier alpha value is -0.635. The Kier molecular flexibility index (Phi) is 2.22. The van der Waals surface area contributed by atoms with Gasteiger partial charge in [0.2, 0.25) is 0 Å². The molecule has 0 saturated heterocycles. The predicted molar refractivity (Wildman–Crippen MR) is 34.8 cm³/mol. The number of halogens is 2. The van der Waals surface area contributed by atoms with Gasteiger partial charge in [-0.25, -0.2) is 4.39 Å². The molecule has 1 nitrogen and oxygen atoms in total. The van der Waals surface area contributed by atoms with Crippen molar-refractivity contribution in [2.24, 2.45) is 0 Å². The topological polar surface area (TPSA) is 20.2 Å². The van der Waals surface area contributed by atoms with Crippen LogP contribution >= 0.6 is 0 Å². The van der Waals surface area contributed by atoms with Crippen molar-refractivity contribution in [2.75, 3.05) is 0 Å². The minimum absolute atomic E-state index is 0.101. The van der Waals surface area contributed by atoms with E-state index in [-0.39, 0.29) is 19.4 Å². The van der Waals surface area contributed by atoms with E-state index in [2.05, 4.69) is 0 Å². The quantitative estimate of drug-likeness (QED) is 0.544. The Labute approximate surface area is 58.3 Å². The zero-order valence-electron chi connectivity index (χ0n) is 5.22. The summed E-state index contributed by atoms with van der Waals surface area (Å²) in [5.74, 6) is -0.693. The first-order valence-corrected chi connectivity index (χ1v) is 2.93. The van der Waals surface area contributed by atoms with Gasteiger partial charge in [0.25, 0.3) is 0 Å². The summed E-state index contributed by atoms with van der Waals surface area (Å²) in [7, 11) is 0.101. The van der Waals surface area contributed by atoms with Crippen molar-refractivity contribution >= 4 is 7.56 Å². The monoisotopic (exact) mass is 143 g/mol. The van der Waals surface area contributed by atoms with Gasteiger partial charge in [0.05, 0.1) is 6.10 Å². The lowest BCUT2D eigenvalue weighted by Crippen LogP contribution is -2.16. The van der Waals surface area contributed by atoms with Gasteiger partial charge in [0, 0.05) is 0 Å². The molecule has 1 radical (unpaired) electrons. The molecule has 1 unspecified atom stereocenters. The van der Waals surface area contributed by atoms with E-state index < -0.39 is 11.9 Å². The van der Waals surface area contributed by atoms with Crippen LogP contribution in [-0.4, -0.2) is 18.8 Å². The van der Waals surface area contributed by atoms with Crippen LogP contribution in [0.25, 0.3) is 0 Å². The van der Waals surface area contributed by atoms with Gasteiger partial charge in [-0.1, -0.05) is 6.08 Å². The minimum Gasteiger partial charge on any atom is -0.389 e. The van der Waals surface area contributed by atoms with E-state index in [1.165, 1.54) is 6.08 Å². The lowest BCUT2D eigenvalue weighted by Gasteiger charge is -2.12. The minimum atomic E-state index is -1.02. The number of aliphatic hydroxyl groups is 1. The Bertz CT molecular complexity index is 188. The van der Waals surface area contributed by atoms with Crippen LogP contribution in [0.2, 0.25) is 0 Å². The van der Waals surface area contributed by atoms with E-state index in [1.54, 1.807) is 0 Å². The summed E-state index contributed by atoms with van der Waals surface area (Å²) in [6, 6.07) is 0. The molecular weight excluding hydrogens is 137 g/mol. The van der Waals surface area contributed by atoms with Crippen LogP contribution in [-0.2, 0) is 0 Å². The number of allylic oxidation sites excluding steroid dienone is 2. The third kappa shape index (κ3) is 1.26. The highest BCUT2D eigenvalue weighted by Crippen LogP contribution is 2.19. The van der Waals surface area contributed by atoms with Crippen LogP contribution in [0.15, 0.2) is 23.5 Å². The maximum absolute atomic E-state index is 12.5. The molecule has 0 saturated carbocycles. The molecule has 0 aliphatic heterocycles. The summed E-state index contributed by atoms with van der Waals surface area (Å²) in [5, 5.41) is 8.92. The van der Waals surface area contributed by atoms with Crippen LogP contribution < -0.4 is 0 Å². The molecule has 4 heteroatoms. The first-order valence-electron chi connectivity index (χ1n) is 2.93. The lowest BCUT2D eigenvalue weighted by atomic mass is 9.81. The molecule has 0 bridgehead atoms. The van der Waals surface area contributed by atoms with Crippen molar-refractivity contribution in [2.45, 2.75) is 12.5 Å². The molecular formula is C6H6BF2O. The molecule has 1 rings (SSSR count). The smallest absolute Gasteiger partial charge is 0.389 e. The van der Waals surface area contributed by atoms with Crippen LogP contribution in [0.3, 0.4) is 0 Å². The molecule has 0 aromatic heterocycles. The number of hydrogen-bond acceptors (Lipinski definition) is 1. The molecule has 0 fully saturated rings. The summed E-state index contributed by atoms with van der Waals surface area (Å²) in [6.45, 7) is 0. The molecule has 0 spiro atoms. The largest absolute Gasteiger partial charge is 0.393 e. The van der Waals surface area contributed by atoms with E-state index in [1.807, 2.05) is 0 Å². The molecule has 0 aromatic carbocycles. The summed E-state index contributed by atoms with van der Waals surface area (Å²) in [4.78, 5) is 0. The first-order chi connectivity index (χ1) is 4.75. The molecule has 53 valence electrons. The average Bonchev–Trinajstić information content (AvgIpc) is 1.88. The summed E-state index contributed by atoms with van der Waals surface area (Å²) < 4.78 is 24.2. The van der Waals surface area contributed by atoms with E-state index in [0.29, 0.717) is 0 Å². The molecule has 0 aromatic rings. The van der Waals surface area contributed by atoms with Crippen molar-refractivity contribution in [3.05, 3.63) is 23.5 Å². The van der Waals surface area contributed by atoms with Crippen LogP contribution in [0.1, 0.15) is 6.42 Å². The summed E-state index contributed by atoms with van der Waals surface area (Å²) in [6.07, 6.45) is 1.88. The third-order valence-corrected chi connectivity index (χ3v) is 1.38. The van der Waals surface area contributed by atoms with Crippen LogP contribution in [0.5, 0.6) is 0 Å². The van der Waals surface area contributed by atoms with Crippen molar-refractivity contribution in [3.8, 4) is 0 Å². The van der Waals surface area contributed by atoms with Gasteiger partial charge in [-0.15, -0.1) is 0 Å². The van der Waals surface area contributed by atoms with Gasteiger partial charge in [-0.05, 0) is 18.0 Å². The normalized spacial score (nSPS) is 25.3. The highest BCUT2D eigenvalue weighted by Gasteiger charge is 2.18. The second-order valence-electron chi connectivity index (χ2n) is 2.07. The van der Waals surface area contributed by atoms with Crippen LogP contribution in [0, 0.1) is 0 Å². The van der Waals surface area contributed by atoms with Crippen molar-refractivity contribution in [3.63, 3.8) is 0 Å². The summed E-state index contributed by atoms with van der Waals surface area (Å²) in [5.41, 5.74) is -0.262. The molecule has 1 N–H and O–H groups in total. The van der Waals surface area contributed by atoms with Gasteiger partial charge in [-0.2, -0.15) is 0 Å². The standard InChI is InChI=1S/C6H6BF2O/c8-4-2-1-3-5(10)6(4)7-9/h1-2,5,10H,3H2. The second kappa shape index (κ2) is 2.97. The number of aliphatic hydroxyl groups excluding tert-OH is 1. The Morgan fingerprint density at radius 1 is 1.70 bits per heavy atom. The van der Waals surface area contributed by atoms with E-state index >= 15 is 0 Å². The number of rotatable bonds is 1. The summed E-state index contributed by atoms with van der Waals surface area (Å²) >= 11 is 0. The first kappa shape index (κ1) is 7.47. The van der Waals surface area contributed by atoms with Crippen LogP contribution in [0.4, 0.5) is 8.71 Å². The molecule has 0 amide bonds. The third-order valence-electron chi connectivity index (χ3n) is 1.38. The van der Waals surface area contributed by atoms with Crippen molar-refractivity contribution < 1.29 is 13.8 Å². The average molecular weight is 143 g/mol. The Balaban J connectivity index is 2.83. The SMILES string of the molecule is OC1CC=CC(F)=C1[B]F. The highest BCUT2D eigenvalue weighted by atomic mass is 19.1. The zero-order chi connectivity index (χ0) is 7.56. The van der Waals surface area contributed by atoms with E-state index in [0.717, 1.165) is 6.08 Å². The van der Waals surface area contributed by atoms with Gasteiger partial charge in [-0.3, -0.25) is 0 Å². The van der Waals surface area contributed by atoms with E-state index in [4.69, 9.17) is 5.11 Å². The number of hydrogen-bond donors (Lipinski definition) is 1. The highest BCUT2D eigenvalue weighted by molar-refractivity contribution is 6.38.